The van der Waals surface area contributed by atoms with Gasteiger partial charge in [0.05, 0.1) is 6.54 Å². The van der Waals surface area contributed by atoms with Gasteiger partial charge in [-0.1, -0.05) is 107 Å². The van der Waals surface area contributed by atoms with Gasteiger partial charge in [-0.05, 0) is 105 Å². The van der Waals surface area contributed by atoms with E-state index in [0.29, 0.717) is 66.1 Å². The highest BCUT2D eigenvalue weighted by Gasteiger charge is 2.40. The number of carboxylic acids is 1. The van der Waals surface area contributed by atoms with E-state index >= 15 is 14.4 Å². The van der Waals surface area contributed by atoms with Crippen LogP contribution in [0.15, 0.2) is 84.0 Å². The molecule has 1 aliphatic heterocycles. The number of aromatic hydroxyl groups is 1. The molecule has 0 spiro atoms. The van der Waals surface area contributed by atoms with E-state index in [4.69, 9.17) is 40.3 Å². The monoisotopic (exact) mass is 1570 g/mol. The summed E-state index contributed by atoms with van der Waals surface area (Å²) in [5.74, 6) is -14.7. The number of hydrogen-bond donors (Lipinski definition) is 18. The fourth-order valence-corrected chi connectivity index (χ4v) is 15.6. The van der Waals surface area contributed by atoms with Crippen LogP contribution in [-0.2, 0) is 86.4 Å². The van der Waals surface area contributed by atoms with Gasteiger partial charge in [0, 0.05) is 104 Å². The highest BCUT2D eigenvalue weighted by atomic mass is 35.5. The van der Waals surface area contributed by atoms with Gasteiger partial charge in [-0.25, -0.2) is 0 Å². The molecule has 2 aliphatic carbocycles. The van der Waals surface area contributed by atoms with Gasteiger partial charge in [0.2, 0.25) is 76.8 Å². The normalized spacial score (nSPS) is 22.3. The number of para-hydroxylation sites is 1. The maximum atomic E-state index is 15.4. The first-order chi connectivity index (χ1) is 52.0. The molecule has 37 heteroatoms. The molecule has 1 saturated heterocycles. The number of rotatable bonds is 26. The summed E-state index contributed by atoms with van der Waals surface area (Å²) in [5, 5.41) is 47.5. The van der Waals surface area contributed by atoms with Crippen molar-refractivity contribution in [2.75, 3.05) is 31.1 Å². The minimum absolute atomic E-state index is 0.0107. The fraction of sp³-hybridized carbons (Fsp3) is 0.514. The number of H-pyrrole nitrogens is 1. The van der Waals surface area contributed by atoms with Gasteiger partial charge in [0.25, 0.3) is 0 Å². The van der Waals surface area contributed by atoms with Crippen molar-refractivity contribution in [3.05, 3.63) is 101 Å². The molecule has 1 aromatic heterocycles. The van der Waals surface area contributed by atoms with Gasteiger partial charge >= 0.3 is 5.97 Å². The van der Waals surface area contributed by atoms with Crippen LogP contribution in [0.1, 0.15) is 126 Å². The summed E-state index contributed by atoms with van der Waals surface area (Å²) in [5.41, 5.74) is 30.6. The number of phenols is 1. The zero-order valence-corrected chi connectivity index (χ0v) is 62.9. The van der Waals surface area contributed by atoms with Gasteiger partial charge < -0.3 is 102 Å². The Bertz CT molecular complexity index is 3910. The number of fused-ring (bicyclic) bond motifs is 1. The molecule has 2 saturated carbocycles. The molecule has 4 aromatic rings. The number of primary amides is 2. The minimum Gasteiger partial charge on any atom is -0.508 e. The van der Waals surface area contributed by atoms with E-state index in [1.165, 1.54) is 29.2 Å². The van der Waals surface area contributed by atoms with Crippen molar-refractivity contribution < 1.29 is 77.3 Å². The number of amides is 13. The van der Waals surface area contributed by atoms with Crippen LogP contribution < -0.4 is 81.8 Å². The molecule has 13 amide bonds. The summed E-state index contributed by atoms with van der Waals surface area (Å²) >= 11 is 6.70. The van der Waals surface area contributed by atoms with E-state index in [9.17, 15) is 63.0 Å². The van der Waals surface area contributed by atoms with Crippen molar-refractivity contribution in [1.82, 2.24) is 63.1 Å². The second-order valence-corrected chi connectivity index (χ2v) is 30.4. The highest BCUT2D eigenvalue weighted by Crippen LogP contribution is 2.30. The number of benzene rings is 3. The topological polar surface area (TPSA) is 561 Å². The summed E-state index contributed by atoms with van der Waals surface area (Å²) in [4.78, 5) is 207. The Kier molecular flexibility index (Phi) is 34.0. The molecule has 7 rings (SSSR count). The summed E-state index contributed by atoms with van der Waals surface area (Å²) in [6.45, 7) is 0.763. The van der Waals surface area contributed by atoms with Crippen molar-refractivity contribution >= 4 is 133 Å². The Morgan fingerprint density at radius 1 is 0.661 bits per heavy atom. The highest BCUT2D eigenvalue weighted by molar-refractivity contribution is 8.76. The Hall–Kier alpha value is -10.2. The molecule has 3 aliphatic rings. The fourth-order valence-electron chi connectivity index (χ4n) is 13.1. The van der Waals surface area contributed by atoms with Crippen LogP contribution >= 0.6 is 33.2 Å². The number of aliphatic carboxylic acids is 1. The number of nitrogens with zero attached hydrogens (tertiary/aromatic N) is 2. The lowest BCUT2D eigenvalue weighted by Gasteiger charge is -2.31. The van der Waals surface area contributed by atoms with Crippen LogP contribution in [0.5, 0.6) is 5.75 Å². The Balaban J connectivity index is 1.28. The Morgan fingerprint density at radius 2 is 1.25 bits per heavy atom. The summed E-state index contributed by atoms with van der Waals surface area (Å²) < 4.78 is 0. The molecule has 10 atom stereocenters. The molecule has 0 unspecified atom stereocenters. The average molecular weight is 1570 g/mol. The number of phenolic OH excluding ortho intramolecular Hbond substituents is 1. The lowest BCUT2D eigenvalue weighted by Crippen LogP contribution is -2.61. The Morgan fingerprint density at radius 3 is 1.90 bits per heavy atom. The molecule has 592 valence electrons. The second-order valence-electron chi connectivity index (χ2n) is 27.4. The molecular weight excluding hydrogens is 1470 g/mol. The smallest absolute Gasteiger partial charge is 0.303 e. The number of aliphatic imine (C=N–C) groups is 1. The van der Waals surface area contributed by atoms with Gasteiger partial charge in [0.1, 0.15) is 60.1 Å². The number of aromatic amines is 1. The first-order valence-corrected chi connectivity index (χ1v) is 39.1. The van der Waals surface area contributed by atoms with E-state index in [1.807, 2.05) is 0 Å². The standard InChI is InChI=1S/C72H99ClN18O16S2/c1-39(74)31-60(96)91(44-14-5-6-15-44)36-59(95)83-52(32-40-20-22-45(92)23-21-40)67(103)89-56-38-109-108-37-55(63(76)99)88-66(102)51(25-27-61(97)98)85-69(105)54(34-43-35-81-48-18-9-7-16-46(43)48)86-65(101)50(24-26-57(75)93)82-58(94)28-30-79-64(100)49(19-10-29-80-72(77)78)84-68(104)53(33-42-13-4-8-17-47(42)73)87-71(107)62(90-70(56)106)41-11-2-3-12-41/h4,7-9,13,16-18,20-23,35,39,41,44,49-56,62,81,92H,2-3,5-6,10-12,14-15,19,24-34,36-38,74H2,1H3,(H2,75,93)(H2,76,99)(H,79,100)(H,82,94)(H,83,95)(H,84,104)(H,85,105)(H,86,101)(H,87,107)(H,88,102)(H,89,103)(H,90,106)(H,97,98)(H4,77,78,80)/t39-,49+,50+,51+,52+,53+,54+,55+,56+,62+/m1/s1. The molecule has 3 aromatic carbocycles. The Labute approximate surface area is 642 Å². The van der Waals surface area contributed by atoms with Gasteiger partial charge in [0.15, 0.2) is 5.96 Å². The van der Waals surface area contributed by atoms with Crippen LogP contribution in [0, 0.1) is 5.92 Å². The van der Waals surface area contributed by atoms with Crippen molar-refractivity contribution in [1.29, 1.82) is 0 Å². The van der Waals surface area contributed by atoms with Gasteiger partial charge in [-0.3, -0.25) is 72.1 Å². The van der Waals surface area contributed by atoms with E-state index < -0.39 is 188 Å². The second kappa shape index (κ2) is 43.1. The molecule has 0 bridgehead atoms. The maximum Gasteiger partial charge on any atom is 0.303 e. The minimum atomic E-state index is -1.74. The first-order valence-electron chi connectivity index (χ1n) is 36.2. The predicted octanol–water partition coefficient (Wildman–Crippen LogP) is -0.813. The van der Waals surface area contributed by atoms with Crippen LogP contribution in [-0.4, -0.2) is 206 Å². The van der Waals surface area contributed by atoms with E-state index in [0.717, 1.165) is 34.4 Å². The zero-order chi connectivity index (χ0) is 79.3. The zero-order valence-electron chi connectivity index (χ0n) is 60.5. The predicted molar refractivity (Wildman–Crippen MR) is 407 cm³/mol. The van der Waals surface area contributed by atoms with E-state index in [2.05, 4.69) is 63.1 Å². The van der Waals surface area contributed by atoms with Crippen LogP contribution in [0.25, 0.3) is 10.9 Å². The molecular formula is C72H99ClN18O16S2. The third kappa shape index (κ3) is 28.1. The number of halogens is 1. The summed E-state index contributed by atoms with van der Waals surface area (Å²) in [6.07, 6.45) is 2.90. The molecule has 109 heavy (non-hydrogen) atoms. The number of nitrogens with one attached hydrogen (secondary N) is 11. The lowest BCUT2D eigenvalue weighted by molar-refractivity contribution is -0.139. The van der Waals surface area contributed by atoms with Crippen LogP contribution in [0.2, 0.25) is 5.02 Å². The summed E-state index contributed by atoms with van der Waals surface area (Å²) in [6, 6.07) is 4.27. The third-order valence-corrected chi connectivity index (χ3v) is 21.6. The van der Waals surface area contributed by atoms with Crippen molar-refractivity contribution in [3.63, 3.8) is 0 Å². The quantitative estimate of drug-likeness (QED) is 0.0158. The molecule has 2 heterocycles. The van der Waals surface area contributed by atoms with Crippen LogP contribution in [0.4, 0.5) is 0 Å². The number of guanidine groups is 1. The molecule has 23 N–H and O–H groups in total. The molecule has 3 fully saturated rings. The lowest BCUT2D eigenvalue weighted by atomic mass is 9.95. The average Bonchev–Trinajstić information content (AvgIpc) is 1.74. The number of hydrogen-bond acceptors (Lipinski definition) is 19. The molecule has 34 nitrogen and oxygen atoms in total. The van der Waals surface area contributed by atoms with E-state index in [-0.39, 0.29) is 85.3 Å². The van der Waals surface area contributed by atoms with Crippen molar-refractivity contribution in [2.24, 2.45) is 39.6 Å². The largest absolute Gasteiger partial charge is 0.508 e. The maximum absolute atomic E-state index is 15.4. The van der Waals surface area contributed by atoms with Crippen molar-refractivity contribution in [3.8, 4) is 5.75 Å². The molecule has 0 radical (unpaired) electrons. The third-order valence-electron chi connectivity index (χ3n) is 18.8. The van der Waals surface area contributed by atoms with E-state index in [1.54, 1.807) is 61.7 Å². The SMILES string of the molecule is C[C@@H](N)CC(=O)N(CC(=O)N[C@@H](Cc1ccc(O)cc1)C(=O)N[C@H]1CSSC[C@@H](C(N)=O)NC(=O)[C@H](CCC(=O)O)NC(=O)[C@H](Cc2c[nH]c3ccccc23)NC(=O)[C@H](CCC(N)=O)NC(=O)CCNC(=O)[C@H](CCCN=C(N)N)NC(=O)[C@H](Cc2ccccc2Cl)NC(=O)[C@H](C2CCCC2)NC1=O)C1CCCC1. The number of carboxylic acid groups (broad SMARTS) is 1. The van der Waals surface area contributed by atoms with Gasteiger partial charge in [-0.15, -0.1) is 0 Å². The number of carbonyl (C=O) groups is 14. The number of aromatic nitrogens is 1. The van der Waals surface area contributed by atoms with Crippen LogP contribution in [0.3, 0.4) is 0 Å². The number of nitrogens with two attached hydrogens (primary N) is 5. The first kappa shape index (κ1) is 86.0. The summed E-state index contributed by atoms with van der Waals surface area (Å²) in [7, 11) is 1.75. The number of carbonyl (C=O) groups excluding carboxylic acids is 13. The van der Waals surface area contributed by atoms with Crippen molar-refractivity contribution in [2.45, 2.75) is 195 Å². The van der Waals surface area contributed by atoms with Gasteiger partial charge in [-0.2, -0.15) is 0 Å².